The second-order valence-electron chi connectivity index (χ2n) is 5.04. The topological polar surface area (TPSA) is 27.1 Å². The number of nitrogens with zero attached hydrogens (tertiary/aromatic N) is 2. The predicted octanol–water partition coefficient (Wildman–Crippen LogP) is 4.35. The van der Waals surface area contributed by atoms with Gasteiger partial charge in [-0.25, -0.2) is 9.37 Å². The minimum Gasteiger partial charge on any atom is -0.379 e. The van der Waals surface area contributed by atoms with Crippen LogP contribution in [0.1, 0.15) is 19.7 Å². The maximum Gasteiger partial charge on any atom is 0.139 e. The highest BCUT2D eigenvalue weighted by Crippen LogP contribution is 2.24. The lowest BCUT2D eigenvalue weighted by Crippen LogP contribution is -2.11. The zero-order chi connectivity index (χ0) is 14.7. The van der Waals surface area contributed by atoms with Crippen molar-refractivity contribution >= 4 is 38.6 Å². The minimum absolute atomic E-state index is 0.290. The number of fused-ring (bicyclic) bond motifs is 1. The van der Waals surface area contributed by atoms with Crippen molar-refractivity contribution < 1.29 is 9.13 Å². The van der Waals surface area contributed by atoms with Crippen LogP contribution in [0.5, 0.6) is 0 Å². The lowest BCUT2D eigenvalue weighted by Gasteiger charge is -2.10. The Bertz CT molecular complexity index is 600. The van der Waals surface area contributed by atoms with Crippen LogP contribution in [0.25, 0.3) is 11.0 Å². The number of hydrogen-bond acceptors (Lipinski definition) is 2. The van der Waals surface area contributed by atoms with Crippen molar-refractivity contribution in [1.82, 2.24) is 9.55 Å². The number of imidazole rings is 1. The molecule has 0 aliphatic rings. The average Bonchev–Trinajstić information content (AvgIpc) is 2.72. The Morgan fingerprint density at radius 1 is 1.45 bits per heavy atom. The number of aromatic nitrogens is 2. The van der Waals surface area contributed by atoms with Crippen molar-refractivity contribution in [3.63, 3.8) is 0 Å². The van der Waals surface area contributed by atoms with Gasteiger partial charge in [-0.3, -0.25) is 0 Å². The van der Waals surface area contributed by atoms with Crippen LogP contribution in [-0.4, -0.2) is 22.8 Å². The molecule has 0 fully saturated rings. The van der Waals surface area contributed by atoms with Gasteiger partial charge in [-0.2, -0.15) is 0 Å². The van der Waals surface area contributed by atoms with Crippen molar-refractivity contribution in [2.24, 2.45) is 5.92 Å². The SMILES string of the molecule is CC(C)COCCn1c(CCl)nc2cc(F)c(Br)cc21. The normalized spacial score (nSPS) is 11.7. The fourth-order valence-electron chi connectivity index (χ4n) is 2.00. The van der Waals surface area contributed by atoms with Crippen LogP contribution >= 0.6 is 27.5 Å². The molecule has 2 rings (SSSR count). The summed E-state index contributed by atoms with van der Waals surface area (Å²) in [6.07, 6.45) is 0. The summed E-state index contributed by atoms with van der Waals surface area (Å²) < 4.78 is 21.5. The molecule has 0 atom stereocenters. The molecule has 110 valence electrons. The molecular weight excluding hydrogens is 347 g/mol. The van der Waals surface area contributed by atoms with E-state index in [1.807, 2.05) is 4.57 Å². The van der Waals surface area contributed by atoms with Gasteiger partial charge in [0.05, 0.1) is 28.0 Å². The van der Waals surface area contributed by atoms with Gasteiger partial charge in [0.15, 0.2) is 0 Å². The molecule has 20 heavy (non-hydrogen) atoms. The highest BCUT2D eigenvalue weighted by atomic mass is 79.9. The van der Waals surface area contributed by atoms with E-state index in [0.29, 0.717) is 29.1 Å². The van der Waals surface area contributed by atoms with Gasteiger partial charge in [-0.05, 0) is 27.9 Å². The number of alkyl halides is 1. The van der Waals surface area contributed by atoms with E-state index < -0.39 is 0 Å². The number of rotatable bonds is 6. The van der Waals surface area contributed by atoms with E-state index in [-0.39, 0.29) is 11.7 Å². The Hall–Kier alpha value is -0.650. The van der Waals surface area contributed by atoms with Crippen molar-refractivity contribution in [2.45, 2.75) is 26.3 Å². The number of hydrogen-bond donors (Lipinski definition) is 0. The van der Waals surface area contributed by atoms with Crippen LogP contribution in [-0.2, 0) is 17.2 Å². The lowest BCUT2D eigenvalue weighted by atomic mass is 10.2. The van der Waals surface area contributed by atoms with Gasteiger partial charge in [-0.15, -0.1) is 11.6 Å². The third-order valence-corrected chi connectivity index (χ3v) is 3.75. The minimum atomic E-state index is -0.320. The Balaban J connectivity index is 2.23. The largest absolute Gasteiger partial charge is 0.379 e. The van der Waals surface area contributed by atoms with E-state index in [1.54, 1.807) is 6.07 Å². The van der Waals surface area contributed by atoms with Gasteiger partial charge >= 0.3 is 0 Å². The van der Waals surface area contributed by atoms with Crippen LogP contribution in [0.3, 0.4) is 0 Å². The number of halogens is 3. The molecule has 0 aliphatic heterocycles. The van der Waals surface area contributed by atoms with Gasteiger partial charge in [-0.1, -0.05) is 13.8 Å². The zero-order valence-electron chi connectivity index (χ0n) is 11.5. The maximum absolute atomic E-state index is 13.5. The second kappa shape index (κ2) is 6.87. The molecule has 1 aromatic heterocycles. The van der Waals surface area contributed by atoms with E-state index in [4.69, 9.17) is 16.3 Å². The van der Waals surface area contributed by atoms with Crippen molar-refractivity contribution in [3.8, 4) is 0 Å². The summed E-state index contributed by atoms with van der Waals surface area (Å²) in [7, 11) is 0. The summed E-state index contributed by atoms with van der Waals surface area (Å²) in [6.45, 7) is 6.18. The van der Waals surface area contributed by atoms with E-state index in [2.05, 4.69) is 34.8 Å². The number of ether oxygens (including phenoxy) is 1. The average molecular weight is 364 g/mol. The molecule has 0 bridgehead atoms. The number of benzene rings is 1. The highest BCUT2D eigenvalue weighted by molar-refractivity contribution is 9.10. The molecule has 0 saturated carbocycles. The summed E-state index contributed by atoms with van der Waals surface area (Å²) in [6, 6.07) is 3.15. The highest BCUT2D eigenvalue weighted by Gasteiger charge is 2.12. The summed E-state index contributed by atoms with van der Waals surface area (Å²) >= 11 is 9.12. The molecule has 3 nitrogen and oxygen atoms in total. The predicted molar refractivity (Wildman–Crippen MR) is 82.6 cm³/mol. The molecule has 2 aromatic rings. The van der Waals surface area contributed by atoms with E-state index in [9.17, 15) is 4.39 Å². The van der Waals surface area contributed by atoms with Crippen molar-refractivity contribution in [2.75, 3.05) is 13.2 Å². The first-order valence-corrected chi connectivity index (χ1v) is 7.83. The van der Waals surface area contributed by atoms with Gasteiger partial charge in [0.1, 0.15) is 11.6 Å². The zero-order valence-corrected chi connectivity index (χ0v) is 13.8. The smallest absolute Gasteiger partial charge is 0.139 e. The molecule has 0 saturated heterocycles. The summed E-state index contributed by atoms with van der Waals surface area (Å²) in [5.74, 6) is 1.20. The third kappa shape index (κ3) is 3.51. The molecule has 0 aliphatic carbocycles. The molecule has 0 amide bonds. The van der Waals surface area contributed by atoms with Gasteiger partial charge in [0, 0.05) is 19.2 Å². The molecule has 1 heterocycles. The van der Waals surface area contributed by atoms with Gasteiger partial charge in [0.25, 0.3) is 0 Å². The summed E-state index contributed by atoms with van der Waals surface area (Å²) in [4.78, 5) is 4.36. The molecule has 0 N–H and O–H groups in total. The Labute approximate surface area is 131 Å². The molecule has 0 unspecified atom stereocenters. The quantitative estimate of drug-likeness (QED) is 0.563. The third-order valence-electron chi connectivity index (χ3n) is 2.90. The maximum atomic E-state index is 13.5. The molecule has 1 aromatic carbocycles. The fraction of sp³-hybridized carbons (Fsp3) is 0.500. The first-order valence-electron chi connectivity index (χ1n) is 6.50. The molecule has 0 spiro atoms. The Kier molecular flexibility index (Phi) is 5.41. The molecular formula is C14H17BrClFN2O. The monoisotopic (exact) mass is 362 g/mol. The van der Waals surface area contributed by atoms with Crippen LogP contribution in [0.2, 0.25) is 0 Å². The Morgan fingerprint density at radius 2 is 2.20 bits per heavy atom. The van der Waals surface area contributed by atoms with Crippen molar-refractivity contribution in [3.05, 3.63) is 28.2 Å². The van der Waals surface area contributed by atoms with E-state index >= 15 is 0 Å². The van der Waals surface area contributed by atoms with Crippen molar-refractivity contribution in [1.29, 1.82) is 0 Å². The first kappa shape index (κ1) is 15.7. The van der Waals surface area contributed by atoms with E-state index in [0.717, 1.165) is 17.9 Å². The summed E-state index contributed by atoms with van der Waals surface area (Å²) in [5.41, 5.74) is 1.48. The van der Waals surface area contributed by atoms with Gasteiger partial charge < -0.3 is 9.30 Å². The Morgan fingerprint density at radius 3 is 2.85 bits per heavy atom. The lowest BCUT2D eigenvalue weighted by molar-refractivity contribution is 0.103. The molecule has 0 radical (unpaired) electrons. The van der Waals surface area contributed by atoms with E-state index in [1.165, 1.54) is 6.07 Å². The second-order valence-corrected chi connectivity index (χ2v) is 6.16. The van der Waals surface area contributed by atoms with Crippen LogP contribution in [0.15, 0.2) is 16.6 Å². The first-order chi connectivity index (χ1) is 9.52. The molecule has 6 heteroatoms. The van der Waals surface area contributed by atoms with Crippen LogP contribution in [0.4, 0.5) is 4.39 Å². The standard InChI is InChI=1S/C14H17BrClFN2O/c1-9(2)8-20-4-3-19-13-5-10(15)11(17)6-12(13)18-14(19)7-16/h5-6,9H,3-4,7-8H2,1-2H3. The fourth-order valence-corrected chi connectivity index (χ4v) is 2.53. The summed E-state index contributed by atoms with van der Waals surface area (Å²) in [5, 5.41) is 0. The van der Waals surface area contributed by atoms with Crippen LogP contribution < -0.4 is 0 Å². The van der Waals surface area contributed by atoms with Crippen LogP contribution in [0, 0.1) is 11.7 Å². The van der Waals surface area contributed by atoms with Gasteiger partial charge in [0.2, 0.25) is 0 Å².